The van der Waals surface area contributed by atoms with Gasteiger partial charge in [-0.3, -0.25) is 4.55 Å². The first-order chi connectivity index (χ1) is 11.5. The highest BCUT2D eigenvalue weighted by Crippen LogP contribution is 2.31. The summed E-state index contributed by atoms with van der Waals surface area (Å²) in [7, 11) is -5.84. The van der Waals surface area contributed by atoms with Crippen LogP contribution in [0.2, 0.25) is 0 Å². The van der Waals surface area contributed by atoms with Crippen molar-refractivity contribution in [3.63, 3.8) is 0 Å². The summed E-state index contributed by atoms with van der Waals surface area (Å²) in [6, 6.07) is 1.45. The Balaban J connectivity index is 0.000000660. The van der Waals surface area contributed by atoms with Crippen LogP contribution >= 0.6 is 0 Å². The number of rotatable bonds is 4. The molecule has 0 aliphatic rings. The fraction of sp³-hybridized carbons (Fsp3) is 0.583. The molecule has 1 aromatic rings. The quantitative estimate of drug-likeness (QED) is 0.339. The first-order valence-electron chi connectivity index (χ1n) is 6.75. The molecule has 1 unspecified atom stereocenters. The fourth-order valence-corrected chi connectivity index (χ4v) is 1.58. The van der Waals surface area contributed by atoms with Crippen molar-refractivity contribution in [2.24, 2.45) is 5.73 Å². The van der Waals surface area contributed by atoms with Crippen molar-refractivity contribution in [2.45, 2.75) is 38.1 Å². The second kappa shape index (κ2) is 8.73. The molecule has 3 N–H and O–H groups in total. The lowest BCUT2D eigenvalue weighted by molar-refractivity contribution is -0.143. The first-order valence-corrected chi connectivity index (χ1v) is 8.19. The summed E-state index contributed by atoms with van der Waals surface area (Å²) in [6.45, 7) is 3.15. The van der Waals surface area contributed by atoms with Gasteiger partial charge in [0.25, 0.3) is 0 Å². The number of nitrogens with zero attached hydrogens (tertiary/aromatic N) is 1. The van der Waals surface area contributed by atoms with Gasteiger partial charge >= 0.3 is 27.8 Å². The molecular formula is C12H16F6N2O5S. The normalized spacial score (nSPS) is 13.6. The van der Waals surface area contributed by atoms with Crippen molar-refractivity contribution in [1.82, 2.24) is 4.57 Å². The molecule has 0 radical (unpaired) electrons. The van der Waals surface area contributed by atoms with Gasteiger partial charge in [-0.25, -0.2) is 4.79 Å². The molecule has 0 bridgehead atoms. The van der Waals surface area contributed by atoms with Crippen LogP contribution in [0.1, 0.15) is 30.0 Å². The van der Waals surface area contributed by atoms with E-state index in [-0.39, 0.29) is 18.8 Å². The SMILES string of the molecule is CCOC(=O)c1ccc(C(F)(F)F)n1CC(C)N.O=S(=O)(O)C(F)(F)F. The number of hydrogen-bond acceptors (Lipinski definition) is 5. The Hall–Kier alpha value is -1.80. The third-order valence-corrected chi connectivity index (χ3v) is 3.10. The molecule has 1 rings (SSSR count). The number of carbonyl (C=O) groups is 1. The molecule has 0 fully saturated rings. The second-order valence-corrected chi connectivity index (χ2v) is 6.24. The highest BCUT2D eigenvalue weighted by molar-refractivity contribution is 7.86. The highest BCUT2D eigenvalue weighted by Gasteiger charge is 2.44. The van der Waals surface area contributed by atoms with Crippen LogP contribution < -0.4 is 5.73 Å². The van der Waals surface area contributed by atoms with Crippen LogP contribution in [0.4, 0.5) is 26.3 Å². The Morgan fingerprint density at radius 3 is 2.04 bits per heavy atom. The molecule has 14 heteroatoms. The molecule has 0 aliphatic heterocycles. The van der Waals surface area contributed by atoms with E-state index in [0.717, 1.165) is 16.7 Å². The number of ether oxygens (including phenoxy) is 1. The Kier molecular flexibility index (Phi) is 8.12. The van der Waals surface area contributed by atoms with Crippen molar-refractivity contribution in [2.75, 3.05) is 6.61 Å². The van der Waals surface area contributed by atoms with Crippen LogP contribution in [0, 0.1) is 0 Å². The van der Waals surface area contributed by atoms with E-state index in [2.05, 4.69) is 0 Å². The summed E-state index contributed by atoms with van der Waals surface area (Å²) < 4.78 is 101. The molecule has 0 spiro atoms. The summed E-state index contributed by atoms with van der Waals surface area (Å²) in [5, 5.41) is 0. The average Bonchev–Trinajstić information content (AvgIpc) is 2.80. The standard InChI is InChI=1S/C11H15F3N2O2.CHF3O3S/c1-3-18-10(17)8-4-5-9(11(12,13)14)16(8)6-7(2)15;2-1(3,4)8(5,6)7/h4-5,7H,3,6,15H2,1-2H3;(H,5,6,7). The predicted molar refractivity (Wildman–Crippen MR) is 76.6 cm³/mol. The lowest BCUT2D eigenvalue weighted by Gasteiger charge is -2.16. The van der Waals surface area contributed by atoms with Gasteiger partial charge < -0.3 is 15.0 Å². The summed E-state index contributed by atoms with van der Waals surface area (Å²) >= 11 is 0. The fourth-order valence-electron chi connectivity index (χ4n) is 1.58. The Bertz CT molecular complexity index is 709. The molecule has 0 saturated carbocycles. The molecule has 1 heterocycles. The van der Waals surface area contributed by atoms with Crippen LogP contribution in [0.3, 0.4) is 0 Å². The zero-order valence-electron chi connectivity index (χ0n) is 13.4. The van der Waals surface area contributed by atoms with Crippen molar-refractivity contribution in [1.29, 1.82) is 0 Å². The molecule has 0 aliphatic carbocycles. The lowest BCUT2D eigenvalue weighted by Crippen LogP contribution is -2.28. The van der Waals surface area contributed by atoms with Crippen LogP contribution in [-0.2, 0) is 27.6 Å². The van der Waals surface area contributed by atoms with Crippen LogP contribution in [0.25, 0.3) is 0 Å². The Morgan fingerprint density at radius 2 is 1.73 bits per heavy atom. The third kappa shape index (κ3) is 7.21. The van der Waals surface area contributed by atoms with Gasteiger partial charge in [-0.2, -0.15) is 34.8 Å². The molecule has 26 heavy (non-hydrogen) atoms. The molecule has 152 valence electrons. The molecule has 0 aromatic carbocycles. The molecule has 0 saturated heterocycles. The van der Waals surface area contributed by atoms with E-state index >= 15 is 0 Å². The van der Waals surface area contributed by atoms with Gasteiger partial charge in [0.05, 0.1) is 6.61 Å². The summed E-state index contributed by atoms with van der Waals surface area (Å²) in [4.78, 5) is 11.5. The van der Waals surface area contributed by atoms with Gasteiger partial charge in [-0.1, -0.05) is 0 Å². The number of alkyl halides is 6. The largest absolute Gasteiger partial charge is 0.522 e. The van der Waals surface area contributed by atoms with Crippen molar-refractivity contribution < 1.29 is 48.8 Å². The maximum absolute atomic E-state index is 12.7. The van der Waals surface area contributed by atoms with Gasteiger partial charge in [-0.05, 0) is 26.0 Å². The van der Waals surface area contributed by atoms with Crippen molar-refractivity contribution in [3.05, 3.63) is 23.5 Å². The molecule has 1 atom stereocenters. The zero-order valence-corrected chi connectivity index (χ0v) is 14.2. The van der Waals surface area contributed by atoms with Gasteiger partial charge in [0, 0.05) is 12.6 Å². The van der Waals surface area contributed by atoms with E-state index in [1.807, 2.05) is 0 Å². The van der Waals surface area contributed by atoms with Gasteiger partial charge in [0.1, 0.15) is 11.4 Å². The molecular weight excluding hydrogens is 398 g/mol. The van der Waals surface area contributed by atoms with E-state index in [9.17, 15) is 31.1 Å². The minimum absolute atomic E-state index is 0.101. The van der Waals surface area contributed by atoms with Gasteiger partial charge in [0.15, 0.2) is 0 Å². The minimum Gasteiger partial charge on any atom is -0.461 e. The average molecular weight is 414 g/mol. The molecule has 0 amide bonds. The number of aromatic nitrogens is 1. The smallest absolute Gasteiger partial charge is 0.461 e. The summed E-state index contributed by atoms with van der Waals surface area (Å²) in [6.07, 6.45) is -4.53. The topological polar surface area (TPSA) is 112 Å². The van der Waals surface area contributed by atoms with Crippen LogP contribution in [-0.4, -0.2) is 41.7 Å². The number of carbonyl (C=O) groups excluding carboxylic acids is 1. The molecule has 7 nitrogen and oxygen atoms in total. The van der Waals surface area contributed by atoms with Gasteiger partial charge in [-0.15, -0.1) is 0 Å². The van der Waals surface area contributed by atoms with E-state index < -0.39 is 39.5 Å². The van der Waals surface area contributed by atoms with Crippen LogP contribution in [0.5, 0.6) is 0 Å². The zero-order chi connectivity index (χ0) is 20.9. The van der Waals surface area contributed by atoms with E-state index in [4.69, 9.17) is 23.4 Å². The number of hydrogen-bond donors (Lipinski definition) is 2. The van der Waals surface area contributed by atoms with Crippen molar-refractivity contribution >= 4 is 16.1 Å². The number of esters is 1. The second-order valence-electron chi connectivity index (χ2n) is 4.83. The van der Waals surface area contributed by atoms with E-state index in [1.165, 1.54) is 0 Å². The third-order valence-electron chi connectivity index (χ3n) is 2.52. The highest BCUT2D eigenvalue weighted by atomic mass is 32.2. The predicted octanol–water partition coefficient (Wildman–Crippen LogP) is 2.42. The summed E-state index contributed by atoms with van der Waals surface area (Å²) in [5.41, 5.74) is -1.07. The lowest BCUT2D eigenvalue weighted by atomic mass is 10.3. The molecule has 1 aromatic heterocycles. The maximum Gasteiger partial charge on any atom is 0.522 e. The maximum atomic E-state index is 12.7. The number of halogens is 6. The minimum atomic E-state index is -5.84. The van der Waals surface area contributed by atoms with Crippen molar-refractivity contribution in [3.8, 4) is 0 Å². The monoisotopic (exact) mass is 414 g/mol. The van der Waals surface area contributed by atoms with Gasteiger partial charge in [0.2, 0.25) is 0 Å². The first kappa shape index (κ1) is 24.2. The van der Waals surface area contributed by atoms with E-state index in [0.29, 0.717) is 0 Å². The van der Waals surface area contributed by atoms with E-state index in [1.54, 1.807) is 13.8 Å². The summed E-state index contributed by atoms with van der Waals surface area (Å²) in [5.74, 6) is -0.784. The Labute approximate surface area is 144 Å². The Morgan fingerprint density at radius 1 is 1.27 bits per heavy atom. The van der Waals surface area contributed by atoms with Crippen LogP contribution in [0.15, 0.2) is 12.1 Å². The number of nitrogens with two attached hydrogens (primary N) is 1.